The molecule has 2 aliphatic carbocycles. The van der Waals surface area contributed by atoms with E-state index >= 15 is 0 Å². The van der Waals surface area contributed by atoms with E-state index in [1.807, 2.05) is 57.2 Å². The van der Waals surface area contributed by atoms with Crippen LogP contribution >= 0.6 is 0 Å². The highest BCUT2D eigenvalue weighted by Crippen LogP contribution is 2.31. The molecule has 5 rings (SSSR count). The summed E-state index contributed by atoms with van der Waals surface area (Å²) in [6, 6.07) is 8.96. The van der Waals surface area contributed by atoms with E-state index in [2.05, 4.69) is 36.6 Å². The van der Waals surface area contributed by atoms with Crippen LogP contribution in [0.1, 0.15) is 102 Å². The van der Waals surface area contributed by atoms with Crippen molar-refractivity contribution in [2.45, 2.75) is 116 Å². The number of hydrogen-bond donors (Lipinski definition) is 6. The molecular weight excluding hydrogens is 767 g/mol. The van der Waals surface area contributed by atoms with Crippen molar-refractivity contribution in [1.29, 1.82) is 0 Å². The number of carbonyl (C=O) groups excluding carboxylic acids is 7. The number of ketones is 1. The Morgan fingerprint density at radius 3 is 2.18 bits per heavy atom. The number of aromatic nitrogens is 2. The average Bonchev–Trinajstić information content (AvgIpc) is 3.20. The predicted octanol–water partition coefficient (Wildman–Crippen LogP) is 4.00. The summed E-state index contributed by atoms with van der Waals surface area (Å²) in [5, 5.41) is 16.2. The summed E-state index contributed by atoms with van der Waals surface area (Å²) in [6.07, 6.45) is 11.4. The number of amides is 7. The van der Waals surface area contributed by atoms with Crippen molar-refractivity contribution in [2.75, 3.05) is 18.4 Å². The van der Waals surface area contributed by atoms with Gasteiger partial charge >= 0.3 is 6.03 Å². The number of primary amides is 1. The van der Waals surface area contributed by atoms with Crippen LogP contribution in [0.5, 0.6) is 0 Å². The summed E-state index contributed by atoms with van der Waals surface area (Å²) in [7, 11) is 0. The van der Waals surface area contributed by atoms with E-state index in [1.165, 1.54) is 23.5 Å². The van der Waals surface area contributed by atoms with Crippen LogP contribution in [0.15, 0.2) is 61.1 Å². The molecule has 60 heavy (non-hydrogen) atoms. The van der Waals surface area contributed by atoms with Gasteiger partial charge in [-0.1, -0.05) is 89.6 Å². The summed E-state index contributed by atoms with van der Waals surface area (Å²) in [5.74, 6) is -3.99. The van der Waals surface area contributed by atoms with Crippen molar-refractivity contribution in [3.05, 3.63) is 66.7 Å². The molecule has 2 fully saturated rings. The van der Waals surface area contributed by atoms with Gasteiger partial charge in [-0.25, -0.2) is 9.78 Å². The summed E-state index contributed by atoms with van der Waals surface area (Å²) in [4.78, 5) is 102. The Morgan fingerprint density at radius 2 is 1.55 bits per heavy atom. The predicted molar refractivity (Wildman–Crippen MR) is 226 cm³/mol. The summed E-state index contributed by atoms with van der Waals surface area (Å²) in [6.45, 7) is 7.04. The smallest absolute Gasteiger partial charge is 0.321 e. The maximum Gasteiger partial charge on any atom is 0.321 e. The number of fused-ring (bicyclic) bond motifs is 1. The van der Waals surface area contributed by atoms with Crippen molar-refractivity contribution in [2.24, 2.45) is 23.0 Å². The molecule has 1 heterocycles. The molecule has 7 amide bonds. The van der Waals surface area contributed by atoms with Gasteiger partial charge in [0, 0.05) is 43.6 Å². The lowest BCUT2D eigenvalue weighted by Gasteiger charge is -2.35. The summed E-state index contributed by atoms with van der Waals surface area (Å²) < 4.78 is 0. The first-order valence-electron chi connectivity index (χ1n) is 20.9. The fraction of sp³-hybridized carbons (Fsp3) is 0.523. The largest absolute Gasteiger partial charge is 0.363 e. The molecule has 0 spiro atoms. The van der Waals surface area contributed by atoms with Crippen LogP contribution in [0.3, 0.4) is 0 Å². The van der Waals surface area contributed by atoms with Gasteiger partial charge in [0.2, 0.25) is 23.5 Å². The number of Topliss-reactive ketones (excluding diaryl/α,β-unsaturated/α-hetero) is 1. The fourth-order valence-electron chi connectivity index (χ4n) is 7.82. The lowest BCUT2D eigenvalue weighted by Crippen LogP contribution is -2.61. The van der Waals surface area contributed by atoms with Gasteiger partial charge in [-0.15, -0.1) is 0 Å². The summed E-state index contributed by atoms with van der Waals surface area (Å²) >= 11 is 0. The molecule has 2 aliphatic rings. The minimum absolute atomic E-state index is 0.0339. The zero-order chi connectivity index (χ0) is 43.4. The zero-order valence-corrected chi connectivity index (χ0v) is 35.0. The number of urea groups is 1. The quantitative estimate of drug-likeness (QED) is 0.102. The number of rotatable bonds is 18. The number of hydrogen-bond acceptors (Lipinski definition) is 9. The van der Waals surface area contributed by atoms with Gasteiger partial charge in [-0.05, 0) is 66.3 Å². The number of nitrogens with one attached hydrogen (secondary N) is 5. The lowest BCUT2D eigenvalue weighted by atomic mass is 9.80. The van der Waals surface area contributed by atoms with E-state index in [-0.39, 0.29) is 37.0 Å². The van der Waals surface area contributed by atoms with Gasteiger partial charge in [0.25, 0.3) is 11.8 Å². The number of carbonyl (C=O) groups is 7. The van der Waals surface area contributed by atoms with E-state index in [4.69, 9.17) is 5.73 Å². The van der Waals surface area contributed by atoms with Gasteiger partial charge in [-0.3, -0.25) is 33.8 Å². The summed E-state index contributed by atoms with van der Waals surface area (Å²) in [5.41, 5.74) is 5.12. The second-order valence-corrected chi connectivity index (χ2v) is 17.2. The number of nitrogens with two attached hydrogens (primary N) is 1. The number of benzene rings is 2. The van der Waals surface area contributed by atoms with Gasteiger partial charge in [-0.2, -0.15) is 0 Å². The third-order valence-electron chi connectivity index (χ3n) is 11.4. The minimum Gasteiger partial charge on any atom is -0.363 e. The molecule has 0 aliphatic heterocycles. The standard InChI is InChI=1S/C44H59N9O7/c1-27(48-42(59)38(44(2,3)4)52-41(58)36(30-14-6-5-7-15-30)51-40(57)34-25-46-20-21-47-34)26-53(43(60)49-32-18-17-29-13-8-9-16-31(29)24-32)22-19-35(54)50-33(37(55)39(45)56)23-28-11-10-12-28/h8-9,13,16-18,20-21,24-25,27-28,30,33,36,38H,5-7,10-12,14-15,19,22-23,26H2,1-4H3,(H2,45,56)(H,48,59)(H,49,60)(H,50,54)(H,51,57)(H,52,58)/t27?,33-,36-,38+/m0/s1. The van der Waals surface area contributed by atoms with E-state index < -0.39 is 70.9 Å². The Labute approximate surface area is 351 Å². The lowest BCUT2D eigenvalue weighted by molar-refractivity contribution is -0.138. The van der Waals surface area contributed by atoms with E-state index in [1.54, 1.807) is 13.0 Å². The molecule has 322 valence electrons. The molecule has 1 aromatic heterocycles. The Bertz CT molecular complexity index is 2010. The highest BCUT2D eigenvalue weighted by Gasteiger charge is 2.39. The third-order valence-corrected chi connectivity index (χ3v) is 11.4. The average molecular weight is 826 g/mol. The second kappa shape index (κ2) is 20.9. The molecule has 0 radical (unpaired) electrons. The van der Waals surface area contributed by atoms with Crippen LogP contribution < -0.4 is 32.3 Å². The van der Waals surface area contributed by atoms with Crippen LogP contribution in [0.25, 0.3) is 10.8 Å². The van der Waals surface area contributed by atoms with Crippen LogP contribution in [0.4, 0.5) is 10.5 Å². The van der Waals surface area contributed by atoms with Crippen LogP contribution in [0.2, 0.25) is 0 Å². The van der Waals surface area contributed by atoms with Crippen LogP contribution in [-0.2, 0) is 24.0 Å². The molecule has 0 bridgehead atoms. The van der Waals surface area contributed by atoms with Crippen LogP contribution in [-0.4, -0.2) is 93.5 Å². The monoisotopic (exact) mass is 825 g/mol. The molecule has 3 aromatic rings. The first-order valence-corrected chi connectivity index (χ1v) is 20.9. The molecule has 2 aromatic carbocycles. The highest BCUT2D eigenvalue weighted by atomic mass is 16.2. The van der Waals surface area contributed by atoms with Crippen molar-refractivity contribution in [3.63, 3.8) is 0 Å². The first kappa shape index (κ1) is 45.2. The molecule has 16 heteroatoms. The van der Waals surface area contributed by atoms with Crippen molar-refractivity contribution in [1.82, 2.24) is 36.1 Å². The van der Waals surface area contributed by atoms with Crippen LogP contribution in [0, 0.1) is 17.3 Å². The topological polar surface area (TPSA) is 235 Å². The minimum atomic E-state index is -1.12. The Morgan fingerprint density at radius 1 is 0.833 bits per heavy atom. The Balaban J connectivity index is 1.29. The highest BCUT2D eigenvalue weighted by molar-refractivity contribution is 6.37. The van der Waals surface area contributed by atoms with Crippen molar-refractivity contribution < 1.29 is 33.6 Å². The van der Waals surface area contributed by atoms with Gasteiger partial charge in [0.15, 0.2) is 0 Å². The van der Waals surface area contributed by atoms with Crippen molar-refractivity contribution >= 4 is 57.8 Å². The maximum atomic E-state index is 14.1. The van der Waals surface area contributed by atoms with Gasteiger partial charge < -0.3 is 37.2 Å². The first-order chi connectivity index (χ1) is 28.6. The van der Waals surface area contributed by atoms with Gasteiger partial charge in [0.1, 0.15) is 17.8 Å². The number of nitrogens with zero attached hydrogens (tertiary/aromatic N) is 3. The zero-order valence-electron chi connectivity index (χ0n) is 35.0. The van der Waals surface area contributed by atoms with E-state index in [0.717, 1.165) is 62.1 Å². The SMILES string of the molecule is CC(CN(CCC(=O)N[C@@H](CC1CCC1)C(=O)C(N)=O)C(=O)Nc1ccc2ccccc2c1)NC(=O)[C@@H](NC(=O)[C@@H](NC(=O)c1cnccn1)C1CCCCC1)C(C)(C)C. The molecule has 4 atom stereocenters. The fourth-order valence-corrected chi connectivity index (χ4v) is 7.82. The van der Waals surface area contributed by atoms with E-state index in [9.17, 15) is 33.6 Å². The molecule has 0 saturated heterocycles. The van der Waals surface area contributed by atoms with Gasteiger partial charge in [0.05, 0.1) is 12.2 Å². The number of anilines is 1. The molecule has 16 nitrogen and oxygen atoms in total. The van der Waals surface area contributed by atoms with E-state index in [0.29, 0.717) is 12.1 Å². The molecule has 1 unspecified atom stereocenters. The molecule has 2 saturated carbocycles. The normalized spacial score (nSPS) is 16.5. The Hall–Kier alpha value is -5.93. The molecule has 7 N–H and O–H groups in total. The van der Waals surface area contributed by atoms with Crippen molar-refractivity contribution in [3.8, 4) is 0 Å². The maximum absolute atomic E-state index is 14.1. The third kappa shape index (κ3) is 12.8. The molecular formula is C44H59N9O7. The second-order valence-electron chi connectivity index (χ2n) is 17.2. The Kier molecular flexibility index (Phi) is 15.7.